The standard InChI is InChI=1S/C19H27N3O6/c1-19(2,3)28-18(23)21-8-6-13(7-9-21)26-15-10-16(11-15)27-14-4-5-17(20-12-14)22(24)25/h4-5,12-13,15-16H,6-11H2,1-3H3. The topological polar surface area (TPSA) is 104 Å². The molecule has 2 heterocycles. The minimum absolute atomic E-state index is 0.0371. The molecule has 1 saturated heterocycles. The number of rotatable bonds is 5. The molecule has 0 atom stereocenters. The first-order valence-corrected chi connectivity index (χ1v) is 9.60. The Morgan fingerprint density at radius 1 is 1.18 bits per heavy atom. The fourth-order valence-electron chi connectivity index (χ4n) is 3.24. The van der Waals surface area contributed by atoms with Crippen molar-refractivity contribution in [2.24, 2.45) is 0 Å². The van der Waals surface area contributed by atoms with Crippen LogP contribution in [0.4, 0.5) is 10.6 Å². The van der Waals surface area contributed by atoms with Gasteiger partial charge in [0.25, 0.3) is 0 Å². The third-order valence-corrected chi connectivity index (χ3v) is 4.74. The highest BCUT2D eigenvalue weighted by Crippen LogP contribution is 2.31. The fraction of sp³-hybridized carbons (Fsp3) is 0.684. The molecule has 0 radical (unpaired) electrons. The zero-order valence-electron chi connectivity index (χ0n) is 16.5. The van der Waals surface area contributed by atoms with Crippen molar-refractivity contribution in [1.29, 1.82) is 0 Å². The normalized spacial score (nSPS) is 23.0. The Balaban J connectivity index is 1.34. The molecule has 9 nitrogen and oxygen atoms in total. The molecule has 1 saturated carbocycles. The molecule has 0 spiro atoms. The second-order valence-electron chi connectivity index (χ2n) is 8.25. The van der Waals surface area contributed by atoms with E-state index in [0.717, 1.165) is 25.7 Å². The second kappa shape index (κ2) is 8.30. The van der Waals surface area contributed by atoms with Crippen LogP contribution < -0.4 is 4.74 Å². The Kier molecular flexibility index (Phi) is 6.02. The molecule has 0 N–H and O–H groups in total. The number of carbonyl (C=O) groups is 1. The van der Waals surface area contributed by atoms with Gasteiger partial charge in [0, 0.05) is 32.0 Å². The number of carbonyl (C=O) groups excluding carboxylic acids is 1. The van der Waals surface area contributed by atoms with Crippen molar-refractivity contribution in [2.75, 3.05) is 13.1 Å². The van der Waals surface area contributed by atoms with Crippen LogP contribution in [0.3, 0.4) is 0 Å². The van der Waals surface area contributed by atoms with Crippen molar-refractivity contribution in [3.05, 3.63) is 28.4 Å². The maximum atomic E-state index is 12.1. The number of amides is 1. The minimum atomic E-state index is -0.537. The zero-order valence-corrected chi connectivity index (χ0v) is 16.5. The van der Waals surface area contributed by atoms with E-state index < -0.39 is 10.5 Å². The number of piperidine rings is 1. The number of hydrogen-bond acceptors (Lipinski definition) is 7. The number of likely N-dealkylation sites (tertiary alicyclic amines) is 1. The first-order valence-electron chi connectivity index (χ1n) is 9.60. The van der Waals surface area contributed by atoms with Crippen LogP contribution in [-0.2, 0) is 9.47 Å². The summed E-state index contributed by atoms with van der Waals surface area (Å²) in [6.45, 7) is 6.87. The predicted molar refractivity (Wildman–Crippen MR) is 100 cm³/mol. The van der Waals surface area contributed by atoms with Gasteiger partial charge in [0.2, 0.25) is 0 Å². The molecule has 1 aromatic heterocycles. The summed E-state index contributed by atoms with van der Waals surface area (Å²) in [4.78, 5) is 27.6. The largest absolute Gasteiger partial charge is 0.486 e. The highest BCUT2D eigenvalue weighted by atomic mass is 16.6. The molecule has 1 aliphatic heterocycles. The van der Waals surface area contributed by atoms with E-state index in [1.165, 1.54) is 12.3 Å². The number of aromatic nitrogens is 1. The van der Waals surface area contributed by atoms with E-state index in [-0.39, 0.29) is 30.2 Å². The second-order valence-corrected chi connectivity index (χ2v) is 8.25. The van der Waals surface area contributed by atoms with Gasteiger partial charge in [-0.3, -0.25) is 0 Å². The lowest BCUT2D eigenvalue weighted by atomic mass is 9.91. The average Bonchev–Trinajstić information content (AvgIpc) is 2.59. The van der Waals surface area contributed by atoms with E-state index >= 15 is 0 Å². The van der Waals surface area contributed by atoms with Gasteiger partial charge in [-0.2, -0.15) is 0 Å². The van der Waals surface area contributed by atoms with E-state index in [0.29, 0.717) is 18.8 Å². The van der Waals surface area contributed by atoms with Crippen LogP contribution in [0.5, 0.6) is 5.75 Å². The Morgan fingerprint density at radius 3 is 2.39 bits per heavy atom. The van der Waals surface area contributed by atoms with E-state index in [1.807, 2.05) is 20.8 Å². The van der Waals surface area contributed by atoms with Gasteiger partial charge in [0.15, 0.2) is 11.9 Å². The van der Waals surface area contributed by atoms with Gasteiger partial charge in [-0.1, -0.05) is 0 Å². The number of ether oxygens (including phenoxy) is 3. The number of pyridine rings is 1. The Hall–Kier alpha value is -2.42. The van der Waals surface area contributed by atoms with Gasteiger partial charge in [-0.05, 0) is 49.6 Å². The van der Waals surface area contributed by atoms with Crippen LogP contribution >= 0.6 is 0 Å². The number of hydrogen-bond donors (Lipinski definition) is 0. The highest BCUT2D eigenvalue weighted by molar-refractivity contribution is 5.68. The minimum Gasteiger partial charge on any atom is -0.486 e. The number of nitro groups is 1. The number of nitrogens with zero attached hydrogens (tertiary/aromatic N) is 3. The van der Waals surface area contributed by atoms with Crippen LogP contribution in [0, 0.1) is 10.1 Å². The molecule has 154 valence electrons. The van der Waals surface area contributed by atoms with Gasteiger partial charge in [0.05, 0.1) is 12.2 Å². The van der Waals surface area contributed by atoms with Gasteiger partial charge in [-0.15, -0.1) is 0 Å². The summed E-state index contributed by atoms with van der Waals surface area (Å²) in [6.07, 6.45) is 4.60. The van der Waals surface area contributed by atoms with Crippen molar-refractivity contribution >= 4 is 11.9 Å². The van der Waals surface area contributed by atoms with Crippen LogP contribution in [-0.4, -0.2) is 57.9 Å². The molecule has 0 unspecified atom stereocenters. The van der Waals surface area contributed by atoms with Gasteiger partial charge in [-0.25, -0.2) is 4.79 Å². The van der Waals surface area contributed by atoms with E-state index in [4.69, 9.17) is 14.2 Å². The summed E-state index contributed by atoms with van der Waals surface area (Å²) in [5, 5.41) is 10.6. The monoisotopic (exact) mass is 393 g/mol. The molecule has 3 rings (SSSR count). The lowest BCUT2D eigenvalue weighted by molar-refractivity contribution is -0.389. The summed E-state index contributed by atoms with van der Waals surface area (Å²) in [5.41, 5.74) is -0.482. The molecule has 2 fully saturated rings. The summed E-state index contributed by atoms with van der Waals surface area (Å²) >= 11 is 0. The first kappa shape index (κ1) is 20.3. The fourth-order valence-corrected chi connectivity index (χ4v) is 3.24. The van der Waals surface area contributed by atoms with Crippen LogP contribution in [0.1, 0.15) is 46.5 Å². The lowest BCUT2D eigenvalue weighted by Crippen LogP contribution is -2.46. The quantitative estimate of drug-likeness (QED) is 0.558. The van der Waals surface area contributed by atoms with Crippen LogP contribution in [0.2, 0.25) is 0 Å². The molecule has 1 aromatic rings. The Labute approximate surface area is 164 Å². The highest BCUT2D eigenvalue weighted by Gasteiger charge is 2.35. The van der Waals surface area contributed by atoms with Crippen molar-refractivity contribution < 1.29 is 23.9 Å². The molecule has 28 heavy (non-hydrogen) atoms. The molecule has 0 aromatic carbocycles. The third kappa shape index (κ3) is 5.54. The molecule has 9 heteroatoms. The SMILES string of the molecule is CC(C)(C)OC(=O)N1CCC(OC2CC(Oc3ccc([N+](=O)[O-])nc3)C2)CC1. The van der Waals surface area contributed by atoms with Crippen LogP contribution in [0.15, 0.2) is 18.3 Å². The summed E-state index contributed by atoms with van der Waals surface area (Å²) < 4.78 is 17.3. The van der Waals surface area contributed by atoms with Crippen molar-refractivity contribution in [3.8, 4) is 5.75 Å². The van der Waals surface area contributed by atoms with Crippen molar-refractivity contribution in [2.45, 2.75) is 70.4 Å². The van der Waals surface area contributed by atoms with E-state index in [1.54, 1.807) is 11.0 Å². The molecule has 2 aliphatic rings. The third-order valence-electron chi connectivity index (χ3n) is 4.74. The lowest BCUT2D eigenvalue weighted by Gasteiger charge is -2.39. The van der Waals surface area contributed by atoms with Crippen molar-refractivity contribution in [1.82, 2.24) is 9.88 Å². The maximum absolute atomic E-state index is 12.1. The van der Waals surface area contributed by atoms with Gasteiger partial charge < -0.3 is 29.2 Å². The molecule has 0 bridgehead atoms. The Morgan fingerprint density at radius 2 is 1.86 bits per heavy atom. The van der Waals surface area contributed by atoms with Gasteiger partial charge in [0.1, 0.15) is 11.7 Å². The van der Waals surface area contributed by atoms with Crippen LogP contribution in [0.25, 0.3) is 0 Å². The Bertz CT molecular complexity index is 689. The molecular weight excluding hydrogens is 366 g/mol. The average molecular weight is 393 g/mol. The first-order chi connectivity index (χ1) is 13.2. The van der Waals surface area contributed by atoms with E-state index in [9.17, 15) is 14.9 Å². The summed E-state index contributed by atoms with van der Waals surface area (Å²) in [5.74, 6) is 0.333. The molecule has 1 amide bonds. The summed E-state index contributed by atoms with van der Waals surface area (Å²) in [6, 6.07) is 2.89. The summed E-state index contributed by atoms with van der Waals surface area (Å²) in [7, 11) is 0. The van der Waals surface area contributed by atoms with Gasteiger partial charge >= 0.3 is 11.9 Å². The zero-order chi connectivity index (χ0) is 20.3. The van der Waals surface area contributed by atoms with E-state index in [2.05, 4.69) is 4.98 Å². The predicted octanol–water partition coefficient (Wildman–Crippen LogP) is 3.32. The maximum Gasteiger partial charge on any atom is 0.410 e. The molecule has 1 aliphatic carbocycles. The van der Waals surface area contributed by atoms with Crippen molar-refractivity contribution in [3.63, 3.8) is 0 Å². The smallest absolute Gasteiger partial charge is 0.410 e. The molecular formula is C19H27N3O6.